The molecule has 3 heterocycles. The standard InChI is InChI=1S/C28H28O7/c1-18(2)27-14-21-26(27,17-32-22(29)20-12-8-5-9-13-20)23-33-25(27,3)16-28(21,34-23)35-24(30)31-15-19-10-6-4-7-11-19/h4-13,21,23H,1,14-17H2,2-3H3/t21-,23-,25+,26+,27+,28+/m1/s1. The van der Waals surface area contributed by atoms with Crippen molar-refractivity contribution in [3.8, 4) is 0 Å². The Bertz CT molecular complexity index is 1200. The average Bonchev–Trinajstić information content (AvgIpc) is 3.03. The van der Waals surface area contributed by atoms with Gasteiger partial charge in [-0.3, -0.25) is 0 Å². The molecule has 3 saturated heterocycles. The van der Waals surface area contributed by atoms with Crippen LogP contribution in [0.5, 0.6) is 0 Å². The second kappa shape index (κ2) is 7.42. The summed E-state index contributed by atoms with van der Waals surface area (Å²) in [4.78, 5) is 25.6. The number of rotatable bonds is 7. The fourth-order valence-corrected chi connectivity index (χ4v) is 7.30. The Hall–Kier alpha value is -3.16. The van der Waals surface area contributed by atoms with Gasteiger partial charge in [-0.2, -0.15) is 0 Å². The van der Waals surface area contributed by atoms with E-state index in [1.165, 1.54) is 0 Å². The minimum atomic E-state index is -1.19. The molecule has 0 N–H and O–H groups in total. The van der Waals surface area contributed by atoms with Gasteiger partial charge < -0.3 is 23.7 Å². The molecule has 6 aliphatic rings. The molecule has 3 aliphatic carbocycles. The molecule has 0 spiro atoms. The third-order valence-electron chi connectivity index (χ3n) is 8.67. The SMILES string of the molecule is C=C(C)[C@@]12C[C@H]3[C@@]4(OC(=O)OCc5ccccc5)C[C@]1(C)O[C@H](O4)[C@]32COC(=O)c1ccccc1. The van der Waals surface area contributed by atoms with Gasteiger partial charge in [0, 0.05) is 17.8 Å². The van der Waals surface area contributed by atoms with E-state index in [0.29, 0.717) is 18.4 Å². The minimum absolute atomic E-state index is 0.0860. The summed E-state index contributed by atoms with van der Waals surface area (Å²) in [6, 6.07) is 18.3. The maximum atomic E-state index is 12.8. The Kier molecular flexibility index (Phi) is 4.73. The first-order chi connectivity index (χ1) is 16.8. The monoisotopic (exact) mass is 476 g/mol. The fourth-order valence-electron chi connectivity index (χ4n) is 7.30. The number of hydrogen-bond acceptors (Lipinski definition) is 7. The highest BCUT2D eigenvalue weighted by molar-refractivity contribution is 5.89. The van der Waals surface area contributed by atoms with Crippen LogP contribution in [0.25, 0.3) is 0 Å². The van der Waals surface area contributed by atoms with E-state index in [4.69, 9.17) is 23.7 Å². The number of carbonyl (C=O) groups excluding carboxylic acids is 2. The fraction of sp³-hybridized carbons (Fsp3) is 0.429. The lowest BCUT2D eigenvalue weighted by molar-refractivity contribution is -0.368. The smallest absolute Gasteiger partial charge is 0.461 e. The van der Waals surface area contributed by atoms with E-state index in [-0.39, 0.29) is 19.1 Å². The zero-order valence-electron chi connectivity index (χ0n) is 19.8. The number of ether oxygens (including phenoxy) is 5. The molecule has 6 fully saturated rings. The Morgan fingerprint density at radius 3 is 2.40 bits per heavy atom. The van der Waals surface area contributed by atoms with Crippen LogP contribution in [0.1, 0.15) is 42.6 Å². The molecule has 3 aliphatic heterocycles. The van der Waals surface area contributed by atoms with Crippen molar-refractivity contribution in [2.24, 2.45) is 16.7 Å². The quantitative estimate of drug-likeness (QED) is 0.410. The summed E-state index contributed by atoms with van der Waals surface area (Å²) < 4.78 is 29.9. The molecule has 6 atom stereocenters. The third-order valence-corrected chi connectivity index (χ3v) is 8.67. The van der Waals surface area contributed by atoms with Gasteiger partial charge in [0.2, 0.25) is 5.79 Å². The van der Waals surface area contributed by atoms with Crippen LogP contribution in [0.3, 0.4) is 0 Å². The maximum Gasteiger partial charge on any atom is 0.511 e. The number of carbonyl (C=O) groups is 2. The molecule has 0 amide bonds. The van der Waals surface area contributed by atoms with Crippen molar-refractivity contribution < 1.29 is 33.3 Å². The lowest BCUT2D eigenvalue weighted by Gasteiger charge is -2.68. The molecule has 2 aromatic rings. The Balaban J connectivity index is 1.25. The number of hydrogen-bond donors (Lipinski definition) is 0. The molecule has 2 aromatic carbocycles. The van der Waals surface area contributed by atoms with Gasteiger partial charge in [-0.1, -0.05) is 60.7 Å². The lowest BCUT2D eigenvalue weighted by Crippen LogP contribution is -2.75. The molecule has 182 valence electrons. The molecule has 3 saturated carbocycles. The van der Waals surface area contributed by atoms with Gasteiger partial charge in [0.1, 0.15) is 13.2 Å². The van der Waals surface area contributed by atoms with Crippen LogP contribution in [-0.2, 0) is 30.3 Å². The predicted octanol–water partition coefficient (Wildman–Crippen LogP) is 5.01. The van der Waals surface area contributed by atoms with Crippen molar-refractivity contribution in [3.63, 3.8) is 0 Å². The van der Waals surface area contributed by atoms with Gasteiger partial charge in [0.25, 0.3) is 0 Å². The summed E-state index contributed by atoms with van der Waals surface area (Å²) >= 11 is 0. The van der Waals surface area contributed by atoms with E-state index in [9.17, 15) is 9.59 Å². The summed E-state index contributed by atoms with van der Waals surface area (Å²) in [6.07, 6.45) is -0.432. The normalized spacial score (nSPS) is 37.4. The second-order valence-corrected chi connectivity index (χ2v) is 10.3. The number of benzene rings is 2. The predicted molar refractivity (Wildman–Crippen MR) is 124 cm³/mol. The maximum absolute atomic E-state index is 12.8. The zero-order valence-corrected chi connectivity index (χ0v) is 19.8. The molecule has 6 bridgehead atoms. The van der Waals surface area contributed by atoms with E-state index >= 15 is 0 Å². The van der Waals surface area contributed by atoms with Gasteiger partial charge >= 0.3 is 12.1 Å². The summed E-state index contributed by atoms with van der Waals surface area (Å²) in [5, 5.41) is 0. The second-order valence-electron chi connectivity index (χ2n) is 10.3. The van der Waals surface area contributed by atoms with Crippen molar-refractivity contribution in [1.82, 2.24) is 0 Å². The van der Waals surface area contributed by atoms with E-state index < -0.39 is 40.6 Å². The molecule has 7 heteroatoms. The topological polar surface area (TPSA) is 80.3 Å². The van der Waals surface area contributed by atoms with Crippen LogP contribution in [-0.4, -0.2) is 36.4 Å². The molecule has 0 aromatic heterocycles. The molecule has 8 rings (SSSR count). The Morgan fingerprint density at radius 2 is 1.71 bits per heavy atom. The molecule has 35 heavy (non-hydrogen) atoms. The van der Waals surface area contributed by atoms with Crippen LogP contribution in [0, 0.1) is 16.7 Å². The molecular formula is C28H28O7. The highest BCUT2D eigenvalue weighted by atomic mass is 16.9. The van der Waals surface area contributed by atoms with Crippen LogP contribution < -0.4 is 0 Å². The van der Waals surface area contributed by atoms with Crippen molar-refractivity contribution in [1.29, 1.82) is 0 Å². The van der Waals surface area contributed by atoms with E-state index in [0.717, 1.165) is 11.1 Å². The summed E-state index contributed by atoms with van der Waals surface area (Å²) in [5.74, 6) is -1.81. The third kappa shape index (κ3) is 2.79. The Morgan fingerprint density at radius 1 is 1.03 bits per heavy atom. The highest BCUT2D eigenvalue weighted by Crippen LogP contribution is 2.86. The summed E-state index contributed by atoms with van der Waals surface area (Å²) in [7, 11) is 0. The van der Waals surface area contributed by atoms with Gasteiger partial charge in [0.15, 0.2) is 6.29 Å². The molecule has 0 unspecified atom stereocenters. The van der Waals surface area contributed by atoms with E-state index in [2.05, 4.69) is 6.58 Å². The van der Waals surface area contributed by atoms with Gasteiger partial charge in [-0.15, -0.1) is 0 Å². The molecule has 0 radical (unpaired) electrons. The van der Waals surface area contributed by atoms with Crippen LogP contribution in [0.2, 0.25) is 0 Å². The van der Waals surface area contributed by atoms with Gasteiger partial charge in [-0.05, 0) is 38.0 Å². The van der Waals surface area contributed by atoms with Gasteiger partial charge in [-0.25, -0.2) is 9.59 Å². The largest absolute Gasteiger partial charge is 0.511 e. The van der Waals surface area contributed by atoms with Crippen LogP contribution >= 0.6 is 0 Å². The van der Waals surface area contributed by atoms with Crippen molar-refractivity contribution in [2.45, 2.75) is 51.0 Å². The number of esters is 1. The highest BCUT2D eigenvalue weighted by Gasteiger charge is 2.94. The summed E-state index contributed by atoms with van der Waals surface area (Å²) in [5.41, 5.74) is 0.501. The first-order valence-corrected chi connectivity index (χ1v) is 11.9. The first kappa shape index (κ1) is 22.3. The zero-order chi connectivity index (χ0) is 24.5. The minimum Gasteiger partial charge on any atom is -0.461 e. The van der Waals surface area contributed by atoms with Crippen molar-refractivity contribution in [3.05, 3.63) is 83.9 Å². The van der Waals surface area contributed by atoms with Gasteiger partial charge in [0.05, 0.1) is 16.6 Å². The van der Waals surface area contributed by atoms with Crippen molar-refractivity contribution >= 4 is 12.1 Å². The lowest BCUT2D eigenvalue weighted by atomic mass is 9.33. The molecular weight excluding hydrogens is 448 g/mol. The average molecular weight is 477 g/mol. The Labute approximate surface area is 204 Å². The van der Waals surface area contributed by atoms with Crippen LogP contribution in [0.15, 0.2) is 72.8 Å². The van der Waals surface area contributed by atoms with Crippen molar-refractivity contribution in [2.75, 3.05) is 6.61 Å². The van der Waals surface area contributed by atoms with E-state index in [1.54, 1.807) is 24.3 Å². The summed E-state index contributed by atoms with van der Waals surface area (Å²) in [6.45, 7) is 8.49. The first-order valence-electron chi connectivity index (χ1n) is 11.9. The van der Waals surface area contributed by atoms with Crippen LogP contribution in [0.4, 0.5) is 4.79 Å². The molecule has 7 nitrogen and oxygen atoms in total. The van der Waals surface area contributed by atoms with E-state index in [1.807, 2.05) is 50.2 Å².